The van der Waals surface area contributed by atoms with Gasteiger partial charge in [0.05, 0.1) is 6.61 Å². The van der Waals surface area contributed by atoms with Crippen LogP contribution in [0, 0.1) is 13.8 Å². The molecule has 3 N–H and O–H groups in total. The third-order valence-electron chi connectivity index (χ3n) is 4.47. The molecular weight excluding hydrogens is 312 g/mol. The Labute approximate surface area is 147 Å². The maximum Gasteiger partial charge on any atom is 0.215 e. The van der Waals surface area contributed by atoms with E-state index in [4.69, 9.17) is 10.5 Å². The molecular formula is C21H22N2O2. The van der Waals surface area contributed by atoms with Crippen LogP contribution in [0.25, 0.3) is 11.1 Å². The quantitative estimate of drug-likeness (QED) is 0.739. The minimum atomic E-state index is 0.0443. The van der Waals surface area contributed by atoms with E-state index in [1.165, 1.54) is 0 Å². The molecule has 0 aliphatic rings. The molecule has 1 heterocycles. The van der Waals surface area contributed by atoms with E-state index in [9.17, 15) is 5.11 Å². The van der Waals surface area contributed by atoms with Gasteiger partial charge in [0.25, 0.3) is 0 Å². The number of nitrogens with zero attached hydrogens (tertiary/aromatic N) is 1. The third-order valence-corrected chi connectivity index (χ3v) is 4.47. The van der Waals surface area contributed by atoms with Gasteiger partial charge in [0, 0.05) is 6.07 Å². The van der Waals surface area contributed by atoms with Gasteiger partial charge in [-0.2, -0.15) is 4.98 Å². The van der Waals surface area contributed by atoms with Gasteiger partial charge in [-0.3, -0.25) is 0 Å². The molecule has 0 spiro atoms. The minimum absolute atomic E-state index is 0.0443. The standard InChI is InChI=1S/C21H22N2O2/c1-14-16(12-24)6-3-8-18(14)19-9-4-7-17(15(19)2)13-25-21-11-5-10-20(22)23-21/h3-11,24H,12-13H2,1-2H3,(H2,22,23). The van der Waals surface area contributed by atoms with E-state index in [2.05, 4.69) is 30.1 Å². The predicted molar refractivity (Wildman–Crippen MR) is 100 cm³/mol. The molecule has 0 radical (unpaired) electrons. The number of aliphatic hydroxyl groups excluding tert-OH is 1. The first-order chi connectivity index (χ1) is 12.1. The molecule has 0 saturated heterocycles. The zero-order valence-electron chi connectivity index (χ0n) is 14.5. The molecule has 128 valence electrons. The minimum Gasteiger partial charge on any atom is -0.473 e. The van der Waals surface area contributed by atoms with Crippen molar-refractivity contribution in [1.29, 1.82) is 0 Å². The third kappa shape index (κ3) is 3.64. The summed E-state index contributed by atoms with van der Waals surface area (Å²) in [5.74, 6) is 0.961. The molecule has 2 aromatic carbocycles. The predicted octanol–water partition coefficient (Wildman–Crippen LogP) is 4.02. The van der Waals surface area contributed by atoms with Crippen LogP contribution < -0.4 is 10.5 Å². The molecule has 0 aliphatic heterocycles. The van der Waals surface area contributed by atoms with Crippen molar-refractivity contribution in [1.82, 2.24) is 4.98 Å². The largest absolute Gasteiger partial charge is 0.473 e. The van der Waals surface area contributed by atoms with E-state index < -0.39 is 0 Å². The van der Waals surface area contributed by atoms with E-state index in [0.29, 0.717) is 18.3 Å². The summed E-state index contributed by atoms with van der Waals surface area (Å²) in [6.07, 6.45) is 0. The van der Waals surface area contributed by atoms with E-state index in [0.717, 1.165) is 33.4 Å². The van der Waals surface area contributed by atoms with Crippen LogP contribution in [-0.4, -0.2) is 10.1 Å². The van der Waals surface area contributed by atoms with Gasteiger partial charge in [-0.1, -0.05) is 42.5 Å². The Morgan fingerprint density at radius 2 is 1.48 bits per heavy atom. The normalized spacial score (nSPS) is 10.7. The Morgan fingerprint density at radius 1 is 0.880 bits per heavy atom. The number of hydrogen-bond acceptors (Lipinski definition) is 4. The molecule has 0 fully saturated rings. The fourth-order valence-electron chi connectivity index (χ4n) is 2.94. The number of anilines is 1. The van der Waals surface area contributed by atoms with E-state index in [-0.39, 0.29) is 6.61 Å². The molecule has 25 heavy (non-hydrogen) atoms. The molecule has 0 amide bonds. The summed E-state index contributed by atoms with van der Waals surface area (Å²) < 4.78 is 5.79. The van der Waals surface area contributed by atoms with Crippen molar-refractivity contribution in [3.63, 3.8) is 0 Å². The van der Waals surface area contributed by atoms with Gasteiger partial charge in [0.2, 0.25) is 5.88 Å². The number of nitrogen functional groups attached to an aromatic ring is 1. The van der Waals surface area contributed by atoms with E-state index >= 15 is 0 Å². The zero-order chi connectivity index (χ0) is 17.8. The van der Waals surface area contributed by atoms with Crippen LogP contribution in [-0.2, 0) is 13.2 Å². The number of aliphatic hydroxyl groups is 1. The summed E-state index contributed by atoms with van der Waals surface area (Å²) in [6.45, 7) is 4.60. The molecule has 0 saturated carbocycles. The smallest absolute Gasteiger partial charge is 0.215 e. The Bertz CT molecular complexity index is 891. The number of hydrogen-bond donors (Lipinski definition) is 2. The van der Waals surface area contributed by atoms with Gasteiger partial charge in [0.1, 0.15) is 12.4 Å². The molecule has 3 rings (SSSR count). The molecule has 0 atom stereocenters. The molecule has 0 unspecified atom stereocenters. The van der Waals surface area contributed by atoms with Crippen molar-refractivity contribution in [2.75, 3.05) is 5.73 Å². The monoisotopic (exact) mass is 334 g/mol. The van der Waals surface area contributed by atoms with Gasteiger partial charge in [-0.15, -0.1) is 0 Å². The maximum atomic E-state index is 9.51. The second-order valence-electron chi connectivity index (χ2n) is 6.03. The number of benzene rings is 2. The van der Waals surface area contributed by atoms with Crippen LogP contribution in [0.1, 0.15) is 22.3 Å². The molecule has 0 bridgehead atoms. The van der Waals surface area contributed by atoms with Crippen LogP contribution in [0.15, 0.2) is 54.6 Å². The summed E-state index contributed by atoms with van der Waals surface area (Å²) in [6, 6.07) is 17.5. The number of aromatic nitrogens is 1. The summed E-state index contributed by atoms with van der Waals surface area (Å²) in [5.41, 5.74) is 12.3. The number of pyridine rings is 1. The van der Waals surface area contributed by atoms with Gasteiger partial charge >= 0.3 is 0 Å². The van der Waals surface area contributed by atoms with Gasteiger partial charge in [0.15, 0.2) is 0 Å². The van der Waals surface area contributed by atoms with Crippen molar-refractivity contribution in [2.45, 2.75) is 27.1 Å². The lowest BCUT2D eigenvalue weighted by Gasteiger charge is -2.15. The van der Waals surface area contributed by atoms with Crippen molar-refractivity contribution >= 4 is 5.82 Å². The SMILES string of the molecule is Cc1c(CO)cccc1-c1cccc(COc2cccc(N)n2)c1C. The average Bonchev–Trinajstić information content (AvgIpc) is 2.61. The van der Waals surface area contributed by atoms with Crippen molar-refractivity contribution in [3.8, 4) is 17.0 Å². The van der Waals surface area contributed by atoms with Gasteiger partial charge < -0.3 is 15.6 Å². The molecule has 0 aliphatic carbocycles. The second-order valence-corrected chi connectivity index (χ2v) is 6.03. The van der Waals surface area contributed by atoms with Crippen molar-refractivity contribution in [2.24, 2.45) is 0 Å². The van der Waals surface area contributed by atoms with Crippen LogP contribution in [0.3, 0.4) is 0 Å². The Morgan fingerprint density at radius 3 is 2.12 bits per heavy atom. The molecule has 4 nitrogen and oxygen atoms in total. The first-order valence-corrected chi connectivity index (χ1v) is 8.23. The summed E-state index contributed by atoms with van der Waals surface area (Å²) in [5, 5.41) is 9.51. The highest BCUT2D eigenvalue weighted by atomic mass is 16.5. The highest BCUT2D eigenvalue weighted by Crippen LogP contribution is 2.30. The molecule has 3 aromatic rings. The van der Waals surface area contributed by atoms with Crippen molar-refractivity contribution < 1.29 is 9.84 Å². The molecule has 4 heteroatoms. The van der Waals surface area contributed by atoms with Crippen molar-refractivity contribution in [3.05, 3.63) is 76.9 Å². The fourth-order valence-corrected chi connectivity index (χ4v) is 2.94. The summed E-state index contributed by atoms with van der Waals surface area (Å²) >= 11 is 0. The van der Waals surface area contributed by atoms with Crippen LogP contribution in [0.4, 0.5) is 5.82 Å². The Balaban J connectivity index is 1.90. The number of rotatable bonds is 5. The van der Waals surface area contributed by atoms with Crippen LogP contribution in [0.5, 0.6) is 5.88 Å². The Hall–Kier alpha value is -2.85. The lowest BCUT2D eigenvalue weighted by atomic mass is 9.92. The maximum absolute atomic E-state index is 9.51. The second kappa shape index (κ2) is 7.36. The number of nitrogens with two attached hydrogens (primary N) is 1. The average molecular weight is 334 g/mol. The van der Waals surface area contributed by atoms with Gasteiger partial charge in [-0.05, 0) is 53.3 Å². The summed E-state index contributed by atoms with van der Waals surface area (Å²) in [4.78, 5) is 4.16. The highest BCUT2D eigenvalue weighted by molar-refractivity contribution is 5.72. The van der Waals surface area contributed by atoms with E-state index in [1.54, 1.807) is 12.1 Å². The zero-order valence-corrected chi connectivity index (χ0v) is 14.5. The van der Waals surface area contributed by atoms with Crippen LogP contribution >= 0.6 is 0 Å². The lowest BCUT2D eigenvalue weighted by Crippen LogP contribution is -2.02. The first kappa shape index (κ1) is 17.0. The van der Waals surface area contributed by atoms with E-state index in [1.807, 2.05) is 31.2 Å². The fraction of sp³-hybridized carbons (Fsp3) is 0.190. The topological polar surface area (TPSA) is 68.4 Å². The first-order valence-electron chi connectivity index (χ1n) is 8.23. The Kier molecular flexibility index (Phi) is 5.00. The highest BCUT2D eigenvalue weighted by Gasteiger charge is 2.11. The molecule has 1 aromatic heterocycles. The van der Waals surface area contributed by atoms with Gasteiger partial charge in [-0.25, -0.2) is 0 Å². The lowest BCUT2D eigenvalue weighted by molar-refractivity contribution is 0.281. The van der Waals surface area contributed by atoms with Crippen LogP contribution in [0.2, 0.25) is 0 Å². The summed E-state index contributed by atoms with van der Waals surface area (Å²) in [7, 11) is 0. The number of ether oxygens (including phenoxy) is 1.